The van der Waals surface area contributed by atoms with Crippen molar-refractivity contribution in [2.24, 2.45) is 0 Å². The summed E-state index contributed by atoms with van der Waals surface area (Å²) in [5.41, 5.74) is 3.44. The summed E-state index contributed by atoms with van der Waals surface area (Å²) in [5.74, 6) is 1.96. The van der Waals surface area contributed by atoms with Crippen LogP contribution in [0.2, 0.25) is 0 Å². The van der Waals surface area contributed by atoms with Gasteiger partial charge in [-0.15, -0.1) is 0 Å². The molecule has 0 saturated heterocycles. The fraction of sp³-hybridized carbons (Fsp3) is 0.438. The van der Waals surface area contributed by atoms with Gasteiger partial charge in [-0.05, 0) is 43.5 Å². The van der Waals surface area contributed by atoms with Crippen LogP contribution >= 0.6 is 0 Å². The molecule has 1 aliphatic carbocycles. The molecule has 0 aliphatic heterocycles. The first-order valence-electron chi connectivity index (χ1n) is 7.00. The SMILES string of the molecule is COc1ccc(-c2noc3c2CCCCCC3)cc1. The second kappa shape index (κ2) is 5.47. The molecule has 0 fully saturated rings. The summed E-state index contributed by atoms with van der Waals surface area (Å²) in [6, 6.07) is 8.05. The molecule has 0 unspecified atom stereocenters. The average Bonchev–Trinajstić information content (AvgIpc) is 2.81. The van der Waals surface area contributed by atoms with Crippen molar-refractivity contribution in [3.05, 3.63) is 35.6 Å². The highest BCUT2D eigenvalue weighted by Gasteiger charge is 2.18. The summed E-state index contributed by atoms with van der Waals surface area (Å²) in [6.07, 6.45) is 7.17. The molecule has 1 aromatic carbocycles. The quantitative estimate of drug-likeness (QED) is 0.815. The number of ether oxygens (including phenoxy) is 1. The summed E-state index contributed by atoms with van der Waals surface area (Å²) in [4.78, 5) is 0. The Kier molecular flexibility index (Phi) is 3.53. The van der Waals surface area contributed by atoms with Crippen molar-refractivity contribution in [1.82, 2.24) is 5.16 Å². The van der Waals surface area contributed by atoms with Crippen molar-refractivity contribution in [3.63, 3.8) is 0 Å². The van der Waals surface area contributed by atoms with Gasteiger partial charge in [0.25, 0.3) is 0 Å². The number of benzene rings is 1. The van der Waals surface area contributed by atoms with E-state index in [1.807, 2.05) is 12.1 Å². The maximum absolute atomic E-state index is 5.55. The Morgan fingerprint density at radius 3 is 2.47 bits per heavy atom. The Hall–Kier alpha value is -1.77. The lowest BCUT2D eigenvalue weighted by Gasteiger charge is -2.08. The topological polar surface area (TPSA) is 35.3 Å². The normalized spacial score (nSPS) is 15.4. The third-order valence-electron chi connectivity index (χ3n) is 3.81. The first-order chi connectivity index (χ1) is 9.38. The second-order valence-electron chi connectivity index (χ2n) is 5.08. The smallest absolute Gasteiger partial charge is 0.140 e. The molecular weight excluding hydrogens is 238 g/mol. The highest BCUT2D eigenvalue weighted by Crippen LogP contribution is 2.30. The van der Waals surface area contributed by atoms with Gasteiger partial charge in [-0.1, -0.05) is 18.0 Å². The molecule has 0 N–H and O–H groups in total. The first-order valence-corrected chi connectivity index (χ1v) is 7.00. The number of hydrogen-bond donors (Lipinski definition) is 0. The number of methoxy groups -OCH3 is 1. The standard InChI is InChI=1S/C16H19NO2/c1-18-13-10-8-12(9-11-13)16-14-6-4-2-3-5-7-15(14)19-17-16/h8-11H,2-7H2,1H3. The molecule has 0 amide bonds. The lowest BCUT2D eigenvalue weighted by atomic mass is 9.95. The van der Waals surface area contributed by atoms with Gasteiger partial charge in [0.15, 0.2) is 0 Å². The fourth-order valence-corrected chi connectivity index (χ4v) is 2.71. The number of aromatic nitrogens is 1. The fourth-order valence-electron chi connectivity index (χ4n) is 2.71. The van der Waals surface area contributed by atoms with E-state index in [4.69, 9.17) is 9.26 Å². The van der Waals surface area contributed by atoms with E-state index in [1.54, 1.807) is 7.11 Å². The first kappa shape index (κ1) is 12.3. The Balaban J connectivity index is 1.95. The van der Waals surface area contributed by atoms with Gasteiger partial charge in [0.2, 0.25) is 0 Å². The summed E-state index contributed by atoms with van der Waals surface area (Å²) in [6.45, 7) is 0. The van der Waals surface area contributed by atoms with Gasteiger partial charge in [-0.25, -0.2) is 0 Å². The van der Waals surface area contributed by atoms with E-state index >= 15 is 0 Å². The van der Waals surface area contributed by atoms with Crippen LogP contribution in [0.1, 0.15) is 37.0 Å². The lowest BCUT2D eigenvalue weighted by molar-refractivity contribution is 0.375. The molecular formula is C16H19NO2. The summed E-state index contributed by atoms with van der Waals surface area (Å²) in [5, 5.41) is 4.29. The zero-order valence-corrected chi connectivity index (χ0v) is 11.3. The highest BCUT2D eigenvalue weighted by atomic mass is 16.5. The van der Waals surface area contributed by atoms with Crippen LogP contribution in [-0.2, 0) is 12.8 Å². The zero-order chi connectivity index (χ0) is 13.1. The van der Waals surface area contributed by atoms with Crippen LogP contribution in [-0.4, -0.2) is 12.3 Å². The van der Waals surface area contributed by atoms with Gasteiger partial charge in [-0.2, -0.15) is 0 Å². The molecule has 0 spiro atoms. The monoisotopic (exact) mass is 257 g/mol. The minimum absolute atomic E-state index is 0.870. The molecule has 3 heteroatoms. The van der Waals surface area contributed by atoms with Crippen molar-refractivity contribution in [2.45, 2.75) is 38.5 Å². The third kappa shape index (κ3) is 2.50. The molecule has 0 atom stereocenters. The maximum Gasteiger partial charge on any atom is 0.140 e. The zero-order valence-electron chi connectivity index (χ0n) is 11.3. The molecule has 3 nitrogen and oxygen atoms in total. The number of fused-ring (bicyclic) bond motifs is 1. The maximum atomic E-state index is 5.55. The number of aryl methyl sites for hydroxylation is 1. The van der Waals surface area contributed by atoms with Crippen LogP contribution in [0.25, 0.3) is 11.3 Å². The molecule has 0 saturated carbocycles. The van der Waals surface area contributed by atoms with Crippen molar-refractivity contribution in [1.29, 1.82) is 0 Å². The van der Waals surface area contributed by atoms with Crippen molar-refractivity contribution in [3.8, 4) is 17.0 Å². The highest BCUT2D eigenvalue weighted by molar-refractivity contribution is 5.64. The van der Waals surface area contributed by atoms with Crippen LogP contribution < -0.4 is 4.74 Å². The van der Waals surface area contributed by atoms with E-state index < -0.39 is 0 Å². The summed E-state index contributed by atoms with van der Waals surface area (Å²) < 4.78 is 10.7. The average molecular weight is 257 g/mol. The van der Waals surface area contributed by atoms with Gasteiger partial charge in [-0.3, -0.25) is 0 Å². The van der Waals surface area contributed by atoms with Crippen LogP contribution in [0.15, 0.2) is 28.8 Å². The Morgan fingerprint density at radius 1 is 1.00 bits per heavy atom. The molecule has 1 aromatic heterocycles. The Bertz CT molecular complexity index is 542. The van der Waals surface area contributed by atoms with Crippen molar-refractivity contribution >= 4 is 0 Å². The number of nitrogens with zero attached hydrogens (tertiary/aromatic N) is 1. The van der Waals surface area contributed by atoms with Crippen LogP contribution in [0, 0.1) is 0 Å². The molecule has 100 valence electrons. The van der Waals surface area contributed by atoms with Crippen LogP contribution in [0.3, 0.4) is 0 Å². The third-order valence-corrected chi connectivity index (χ3v) is 3.81. The van der Waals surface area contributed by atoms with E-state index in [-0.39, 0.29) is 0 Å². The van der Waals surface area contributed by atoms with E-state index in [0.29, 0.717) is 0 Å². The van der Waals surface area contributed by atoms with E-state index in [2.05, 4.69) is 17.3 Å². The van der Waals surface area contributed by atoms with Crippen LogP contribution in [0.4, 0.5) is 0 Å². The number of hydrogen-bond acceptors (Lipinski definition) is 3. The number of rotatable bonds is 2. The predicted octanol–water partition coefficient (Wildman–Crippen LogP) is 4.01. The second-order valence-corrected chi connectivity index (χ2v) is 5.08. The predicted molar refractivity (Wildman–Crippen MR) is 74.4 cm³/mol. The van der Waals surface area contributed by atoms with E-state index in [1.165, 1.54) is 31.2 Å². The Morgan fingerprint density at radius 2 is 1.74 bits per heavy atom. The van der Waals surface area contributed by atoms with Gasteiger partial charge >= 0.3 is 0 Å². The molecule has 19 heavy (non-hydrogen) atoms. The largest absolute Gasteiger partial charge is 0.497 e. The Labute approximate surface area is 113 Å². The minimum Gasteiger partial charge on any atom is -0.497 e. The molecule has 3 rings (SSSR count). The van der Waals surface area contributed by atoms with Crippen molar-refractivity contribution < 1.29 is 9.26 Å². The van der Waals surface area contributed by atoms with Gasteiger partial charge in [0.1, 0.15) is 17.2 Å². The summed E-state index contributed by atoms with van der Waals surface area (Å²) >= 11 is 0. The molecule has 0 radical (unpaired) electrons. The van der Waals surface area contributed by atoms with Gasteiger partial charge < -0.3 is 9.26 Å². The van der Waals surface area contributed by atoms with E-state index in [9.17, 15) is 0 Å². The van der Waals surface area contributed by atoms with Gasteiger partial charge in [0, 0.05) is 17.5 Å². The lowest BCUT2D eigenvalue weighted by Crippen LogP contribution is -1.97. The molecule has 1 heterocycles. The molecule has 2 aromatic rings. The minimum atomic E-state index is 0.870. The van der Waals surface area contributed by atoms with Crippen molar-refractivity contribution in [2.75, 3.05) is 7.11 Å². The molecule has 0 bridgehead atoms. The molecule has 1 aliphatic rings. The van der Waals surface area contributed by atoms with Gasteiger partial charge in [0.05, 0.1) is 7.11 Å². The van der Waals surface area contributed by atoms with E-state index in [0.717, 1.165) is 35.6 Å². The van der Waals surface area contributed by atoms with Crippen LogP contribution in [0.5, 0.6) is 5.75 Å². The summed E-state index contributed by atoms with van der Waals surface area (Å²) in [7, 11) is 1.68.